The number of ether oxygens (including phenoxy) is 1. The van der Waals surface area contributed by atoms with E-state index in [1.807, 2.05) is 0 Å². The highest BCUT2D eigenvalue weighted by Gasteiger charge is 2.33. The minimum atomic E-state index is -3.34. The van der Waals surface area contributed by atoms with Crippen molar-refractivity contribution in [2.45, 2.75) is 18.9 Å². The number of sulfonamides is 1. The second kappa shape index (κ2) is 8.29. The first kappa shape index (κ1) is 19.9. The molecule has 1 aromatic carbocycles. The number of benzene rings is 1. The molecule has 1 aliphatic rings. The highest BCUT2D eigenvalue weighted by molar-refractivity contribution is 9.10. The lowest BCUT2D eigenvalue weighted by Crippen LogP contribution is -2.46. The van der Waals surface area contributed by atoms with Gasteiger partial charge in [0.2, 0.25) is 15.9 Å². The number of carbonyl (C=O) groups excluding carboxylic acids is 2. The molecule has 0 unspecified atom stereocenters. The second-order valence-electron chi connectivity index (χ2n) is 5.98. The molecule has 1 aromatic rings. The van der Waals surface area contributed by atoms with Gasteiger partial charge in [0.05, 0.1) is 19.3 Å². The molecule has 138 valence electrons. The molecule has 1 aliphatic heterocycles. The molecule has 0 radical (unpaired) electrons. The van der Waals surface area contributed by atoms with Crippen molar-refractivity contribution in [1.82, 2.24) is 9.62 Å². The number of amides is 1. The van der Waals surface area contributed by atoms with Crippen LogP contribution in [0.25, 0.3) is 0 Å². The molecule has 0 spiro atoms. The SMILES string of the molecule is COC(=O)[C@H](NC(=O)[C@H]1CCCN(S(C)(=O)=O)C1)c1ccc(Br)cc1. The molecule has 9 heteroatoms. The minimum absolute atomic E-state index is 0.124. The van der Waals surface area contributed by atoms with E-state index in [1.54, 1.807) is 24.3 Å². The molecule has 1 saturated heterocycles. The largest absolute Gasteiger partial charge is 0.467 e. The predicted octanol–water partition coefficient (Wildman–Crippen LogP) is 1.45. The fourth-order valence-electron chi connectivity index (χ4n) is 2.77. The van der Waals surface area contributed by atoms with Gasteiger partial charge in [-0.1, -0.05) is 28.1 Å². The van der Waals surface area contributed by atoms with Crippen molar-refractivity contribution >= 4 is 37.8 Å². The van der Waals surface area contributed by atoms with Crippen LogP contribution in [0, 0.1) is 5.92 Å². The smallest absolute Gasteiger partial charge is 0.333 e. The van der Waals surface area contributed by atoms with Crippen LogP contribution < -0.4 is 5.32 Å². The van der Waals surface area contributed by atoms with Gasteiger partial charge < -0.3 is 10.1 Å². The third kappa shape index (κ3) is 5.26. The van der Waals surface area contributed by atoms with Crippen LogP contribution in [-0.2, 0) is 24.3 Å². The third-order valence-electron chi connectivity index (χ3n) is 4.15. The average molecular weight is 433 g/mol. The topological polar surface area (TPSA) is 92.8 Å². The minimum Gasteiger partial charge on any atom is -0.467 e. The molecule has 1 amide bonds. The van der Waals surface area contributed by atoms with Gasteiger partial charge in [0, 0.05) is 17.6 Å². The van der Waals surface area contributed by atoms with Gasteiger partial charge in [-0.15, -0.1) is 0 Å². The summed E-state index contributed by atoms with van der Waals surface area (Å²) in [5, 5.41) is 2.69. The number of nitrogens with one attached hydrogen (secondary N) is 1. The van der Waals surface area contributed by atoms with Gasteiger partial charge in [-0.05, 0) is 30.5 Å². The molecular weight excluding hydrogens is 412 g/mol. The molecule has 2 rings (SSSR count). The third-order valence-corrected chi connectivity index (χ3v) is 5.95. The molecule has 7 nitrogen and oxygen atoms in total. The number of hydrogen-bond donors (Lipinski definition) is 1. The standard InChI is InChI=1S/C16H21BrN2O5S/c1-24-16(21)14(11-5-7-13(17)8-6-11)18-15(20)12-4-3-9-19(10-12)25(2,22)23/h5-8,12,14H,3-4,9-10H2,1-2H3,(H,18,20)/t12-,14+/m0/s1. The average Bonchev–Trinajstić information content (AvgIpc) is 2.59. The van der Waals surface area contributed by atoms with Crippen LogP contribution in [0.15, 0.2) is 28.7 Å². The molecule has 0 saturated carbocycles. The van der Waals surface area contributed by atoms with Crippen LogP contribution in [0.2, 0.25) is 0 Å². The van der Waals surface area contributed by atoms with Crippen LogP contribution in [0.1, 0.15) is 24.4 Å². The summed E-state index contributed by atoms with van der Waals surface area (Å²) < 4.78 is 30.3. The van der Waals surface area contributed by atoms with Crippen LogP contribution >= 0.6 is 15.9 Å². The normalized spacial score (nSPS) is 19.9. The van der Waals surface area contributed by atoms with Gasteiger partial charge in [-0.2, -0.15) is 0 Å². The number of nitrogens with zero attached hydrogens (tertiary/aromatic N) is 1. The molecule has 1 fully saturated rings. The maximum Gasteiger partial charge on any atom is 0.333 e. The number of esters is 1. The molecule has 0 bridgehead atoms. The molecule has 25 heavy (non-hydrogen) atoms. The molecule has 0 aromatic heterocycles. The monoisotopic (exact) mass is 432 g/mol. The molecule has 1 N–H and O–H groups in total. The number of halogens is 1. The fraction of sp³-hybridized carbons (Fsp3) is 0.500. The van der Waals surface area contributed by atoms with E-state index in [4.69, 9.17) is 4.74 Å². The second-order valence-corrected chi connectivity index (χ2v) is 8.87. The van der Waals surface area contributed by atoms with Crippen molar-refractivity contribution in [2.75, 3.05) is 26.5 Å². The number of methoxy groups -OCH3 is 1. The van der Waals surface area contributed by atoms with E-state index in [0.717, 1.165) is 10.7 Å². The highest BCUT2D eigenvalue weighted by atomic mass is 79.9. The zero-order chi connectivity index (χ0) is 18.6. The van der Waals surface area contributed by atoms with Gasteiger partial charge in [-0.3, -0.25) is 4.79 Å². The van der Waals surface area contributed by atoms with Crippen LogP contribution in [0.5, 0.6) is 0 Å². The van der Waals surface area contributed by atoms with Crippen molar-refractivity contribution in [3.63, 3.8) is 0 Å². The number of rotatable bonds is 5. The van der Waals surface area contributed by atoms with Gasteiger partial charge >= 0.3 is 5.97 Å². The summed E-state index contributed by atoms with van der Waals surface area (Å²) in [5.74, 6) is -1.43. The van der Waals surface area contributed by atoms with Crippen molar-refractivity contribution in [3.05, 3.63) is 34.3 Å². The summed E-state index contributed by atoms with van der Waals surface area (Å²) in [7, 11) is -2.09. The van der Waals surface area contributed by atoms with E-state index >= 15 is 0 Å². The van der Waals surface area contributed by atoms with Crippen LogP contribution in [-0.4, -0.2) is 51.1 Å². The molecular formula is C16H21BrN2O5S. The van der Waals surface area contributed by atoms with Crippen molar-refractivity contribution in [2.24, 2.45) is 5.92 Å². The lowest BCUT2D eigenvalue weighted by molar-refractivity contribution is -0.146. The van der Waals surface area contributed by atoms with Gasteiger partial charge in [-0.25, -0.2) is 17.5 Å². The Balaban J connectivity index is 2.14. The molecule has 0 aliphatic carbocycles. The Morgan fingerprint density at radius 2 is 1.96 bits per heavy atom. The summed E-state index contributed by atoms with van der Waals surface area (Å²) in [5.41, 5.74) is 0.596. The van der Waals surface area contributed by atoms with E-state index in [9.17, 15) is 18.0 Å². The first-order valence-corrected chi connectivity index (χ1v) is 10.5. The summed E-state index contributed by atoms with van der Waals surface area (Å²) in [6.45, 7) is 0.536. The highest BCUT2D eigenvalue weighted by Crippen LogP contribution is 2.22. The zero-order valence-electron chi connectivity index (χ0n) is 14.1. The van der Waals surface area contributed by atoms with E-state index in [2.05, 4.69) is 21.2 Å². The summed E-state index contributed by atoms with van der Waals surface area (Å²) in [4.78, 5) is 24.7. The van der Waals surface area contributed by atoms with Crippen molar-refractivity contribution < 1.29 is 22.7 Å². The van der Waals surface area contributed by atoms with E-state index in [-0.39, 0.29) is 12.5 Å². The van der Waals surface area contributed by atoms with Crippen molar-refractivity contribution in [3.8, 4) is 0 Å². The maximum atomic E-state index is 12.6. The van der Waals surface area contributed by atoms with Gasteiger partial charge in [0.15, 0.2) is 6.04 Å². The fourth-order valence-corrected chi connectivity index (χ4v) is 3.94. The van der Waals surface area contributed by atoms with Gasteiger partial charge in [0.1, 0.15) is 0 Å². The van der Waals surface area contributed by atoms with E-state index in [1.165, 1.54) is 11.4 Å². The number of piperidine rings is 1. The Labute approximate surface area is 155 Å². The first-order chi connectivity index (χ1) is 11.7. The quantitative estimate of drug-likeness (QED) is 0.710. The zero-order valence-corrected chi connectivity index (χ0v) is 16.5. The number of carbonyl (C=O) groups is 2. The summed E-state index contributed by atoms with van der Waals surface area (Å²) >= 11 is 3.32. The molecule has 1 heterocycles. The summed E-state index contributed by atoms with van der Waals surface area (Å²) in [6.07, 6.45) is 2.31. The Hall–Kier alpha value is -1.45. The molecule has 2 atom stereocenters. The number of hydrogen-bond acceptors (Lipinski definition) is 5. The maximum absolute atomic E-state index is 12.6. The van der Waals surface area contributed by atoms with Gasteiger partial charge in [0.25, 0.3) is 0 Å². The van der Waals surface area contributed by atoms with E-state index in [0.29, 0.717) is 24.9 Å². The Kier molecular flexibility index (Phi) is 6.59. The van der Waals surface area contributed by atoms with Crippen molar-refractivity contribution in [1.29, 1.82) is 0 Å². The lowest BCUT2D eigenvalue weighted by atomic mass is 9.97. The Bertz CT molecular complexity index is 735. The Morgan fingerprint density at radius 3 is 2.52 bits per heavy atom. The van der Waals surface area contributed by atoms with Crippen LogP contribution in [0.3, 0.4) is 0 Å². The van der Waals surface area contributed by atoms with Crippen LogP contribution in [0.4, 0.5) is 0 Å². The Morgan fingerprint density at radius 1 is 1.32 bits per heavy atom. The first-order valence-electron chi connectivity index (χ1n) is 7.81. The lowest BCUT2D eigenvalue weighted by Gasteiger charge is -2.31. The summed E-state index contributed by atoms with van der Waals surface area (Å²) in [6, 6.07) is 6.04. The van der Waals surface area contributed by atoms with E-state index < -0.39 is 28.0 Å². The predicted molar refractivity (Wildman–Crippen MR) is 96.2 cm³/mol.